The zero-order valence-electron chi connectivity index (χ0n) is 13.2. The molecule has 0 aromatic heterocycles. The van der Waals surface area contributed by atoms with Crippen LogP contribution in [0.1, 0.15) is 26.3 Å². The highest BCUT2D eigenvalue weighted by Crippen LogP contribution is 2.25. The summed E-state index contributed by atoms with van der Waals surface area (Å²) in [5.41, 5.74) is 1.39. The smallest absolute Gasteiger partial charge is 0.245 e. The molecule has 0 aliphatic rings. The fraction of sp³-hybridized carbons (Fsp3) is 0.353. The van der Waals surface area contributed by atoms with E-state index in [1.165, 1.54) is 6.08 Å². The summed E-state index contributed by atoms with van der Waals surface area (Å²) >= 11 is 0. The number of ether oxygens (including phenoxy) is 1. The first-order chi connectivity index (χ1) is 10.4. The first-order valence-corrected chi connectivity index (χ1v) is 6.96. The number of ketones is 1. The number of carbonyl (C=O) groups is 2. The van der Waals surface area contributed by atoms with Crippen LogP contribution in [0.3, 0.4) is 0 Å². The van der Waals surface area contributed by atoms with Gasteiger partial charge in [-0.1, -0.05) is 18.2 Å². The number of methoxy groups -OCH3 is 1. The molecule has 0 heterocycles. The Hall–Kier alpha value is -2.61. The highest BCUT2D eigenvalue weighted by Gasteiger charge is 2.25. The molecular formula is C17H20N2O3. The largest absolute Gasteiger partial charge is 0.496 e. The Kier molecular flexibility index (Phi) is 6.33. The second-order valence-corrected chi connectivity index (χ2v) is 5.16. The lowest BCUT2D eigenvalue weighted by molar-refractivity contribution is -0.129. The average molecular weight is 300 g/mol. The number of hydrogen-bond acceptors (Lipinski definition) is 4. The zero-order chi connectivity index (χ0) is 16.7. The van der Waals surface area contributed by atoms with Crippen LogP contribution in [0.15, 0.2) is 30.3 Å². The van der Waals surface area contributed by atoms with Crippen molar-refractivity contribution in [2.24, 2.45) is 5.92 Å². The molecule has 0 bridgehead atoms. The summed E-state index contributed by atoms with van der Waals surface area (Å²) in [4.78, 5) is 24.0. The first kappa shape index (κ1) is 17.4. The molecular weight excluding hydrogens is 280 g/mol. The van der Waals surface area contributed by atoms with E-state index in [0.717, 1.165) is 5.56 Å². The number of para-hydroxylation sites is 1. The number of amides is 1. The van der Waals surface area contributed by atoms with Gasteiger partial charge in [0.15, 0.2) is 11.7 Å². The van der Waals surface area contributed by atoms with Crippen molar-refractivity contribution in [1.82, 2.24) is 5.32 Å². The minimum atomic E-state index is -1.34. The summed E-state index contributed by atoms with van der Waals surface area (Å²) in [5, 5.41) is 11.7. The van der Waals surface area contributed by atoms with E-state index in [2.05, 4.69) is 5.32 Å². The third-order valence-electron chi connectivity index (χ3n) is 3.00. The van der Waals surface area contributed by atoms with Crippen LogP contribution in [-0.4, -0.2) is 24.8 Å². The van der Waals surface area contributed by atoms with Gasteiger partial charge in [0.25, 0.3) is 0 Å². The molecule has 0 spiro atoms. The van der Waals surface area contributed by atoms with Crippen LogP contribution in [0, 0.1) is 17.2 Å². The van der Waals surface area contributed by atoms with Gasteiger partial charge in [-0.05, 0) is 38.5 Å². The summed E-state index contributed by atoms with van der Waals surface area (Å²) in [6.45, 7) is 5.28. The van der Waals surface area contributed by atoms with E-state index in [1.807, 2.05) is 18.2 Å². The summed E-state index contributed by atoms with van der Waals surface area (Å²) in [7, 11) is 1.54. The zero-order valence-corrected chi connectivity index (χ0v) is 13.2. The van der Waals surface area contributed by atoms with Crippen molar-refractivity contribution in [3.8, 4) is 11.8 Å². The van der Waals surface area contributed by atoms with Gasteiger partial charge in [0.05, 0.1) is 13.2 Å². The van der Waals surface area contributed by atoms with Crippen LogP contribution in [0.25, 0.3) is 5.57 Å². The predicted molar refractivity (Wildman–Crippen MR) is 84.0 cm³/mol. The predicted octanol–water partition coefficient (Wildman–Crippen LogP) is 2.33. The van der Waals surface area contributed by atoms with Crippen LogP contribution >= 0.6 is 0 Å². The summed E-state index contributed by atoms with van der Waals surface area (Å²) in [6, 6.07) is 8.87. The molecule has 0 radical (unpaired) electrons. The van der Waals surface area contributed by atoms with Crippen LogP contribution in [0.5, 0.6) is 5.75 Å². The van der Waals surface area contributed by atoms with Crippen molar-refractivity contribution in [3.05, 3.63) is 35.9 Å². The van der Waals surface area contributed by atoms with Gasteiger partial charge in [-0.2, -0.15) is 5.26 Å². The maximum Gasteiger partial charge on any atom is 0.245 e. The van der Waals surface area contributed by atoms with E-state index in [-0.39, 0.29) is 6.04 Å². The topological polar surface area (TPSA) is 79.2 Å². The van der Waals surface area contributed by atoms with Crippen LogP contribution < -0.4 is 10.1 Å². The van der Waals surface area contributed by atoms with Crippen molar-refractivity contribution in [3.63, 3.8) is 0 Å². The monoisotopic (exact) mass is 300 g/mol. The van der Waals surface area contributed by atoms with E-state index in [1.54, 1.807) is 40.0 Å². The Bertz CT molecular complexity index is 627. The lowest BCUT2D eigenvalue weighted by Crippen LogP contribution is -2.38. The van der Waals surface area contributed by atoms with Gasteiger partial charge in [0.1, 0.15) is 5.75 Å². The SMILES string of the molecule is COc1ccccc1/C(C)=C/C(=O)C(C#N)C(=O)NC(C)C. The fourth-order valence-electron chi connectivity index (χ4n) is 1.96. The molecule has 1 atom stereocenters. The van der Waals surface area contributed by atoms with E-state index in [0.29, 0.717) is 11.3 Å². The number of carbonyl (C=O) groups excluding carboxylic acids is 2. The third kappa shape index (κ3) is 4.45. The second-order valence-electron chi connectivity index (χ2n) is 5.16. The molecule has 116 valence electrons. The van der Waals surface area contributed by atoms with Gasteiger partial charge in [-0.3, -0.25) is 9.59 Å². The number of nitriles is 1. The lowest BCUT2D eigenvalue weighted by atomic mass is 9.99. The first-order valence-electron chi connectivity index (χ1n) is 6.96. The minimum Gasteiger partial charge on any atom is -0.496 e. The van der Waals surface area contributed by atoms with E-state index in [9.17, 15) is 9.59 Å². The number of nitrogens with one attached hydrogen (secondary N) is 1. The molecule has 1 aromatic rings. The molecule has 1 rings (SSSR count). The Labute approximate surface area is 130 Å². The number of benzene rings is 1. The summed E-state index contributed by atoms with van der Waals surface area (Å²) in [6.07, 6.45) is 1.31. The Morgan fingerprint density at radius 1 is 1.32 bits per heavy atom. The number of hydrogen-bond donors (Lipinski definition) is 1. The van der Waals surface area contributed by atoms with Crippen LogP contribution in [-0.2, 0) is 9.59 Å². The van der Waals surface area contributed by atoms with Crippen molar-refractivity contribution in [2.75, 3.05) is 7.11 Å². The standard InChI is InChI=1S/C17H20N2O3/c1-11(2)19-17(21)14(10-18)15(20)9-12(3)13-7-5-6-8-16(13)22-4/h5-9,11,14H,1-4H3,(H,19,21)/b12-9+. The van der Waals surface area contributed by atoms with Gasteiger partial charge in [-0.15, -0.1) is 0 Å². The highest BCUT2D eigenvalue weighted by atomic mass is 16.5. The maximum absolute atomic E-state index is 12.2. The molecule has 1 unspecified atom stereocenters. The van der Waals surface area contributed by atoms with Gasteiger partial charge in [0.2, 0.25) is 5.91 Å². The molecule has 1 amide bonds. The van der Waals surface area contributed by atoms with Gasteiger partial charge in [0, 0.05) is 11.6 Å². The lowest BCUT2D eigenvalue weighted by Gasteiger charge is -2.12. The molecule has 1 aromatic carbocycles. The molecule has 0 saturated heterocycles. The normalized spacial score (nSPS) is 12.5. The molecule has 22 heavy (non-hydrogen) atoms. The molecule has 0 fully saturated rings. The molecule has 0 saturated carbocycles. The summed E-state index contributed by atoms with van der Waals surface area (Å²) < 4.78 is 5.24. The van der Waals surface area contributed by atoms with Crippen LogP contribution in [0.4, 0.5) is 0 Å². The highest BCUT2D eigenvalue weighted by molar-refractivity contribution is 6.11. The molecule has 1 N–H and O–H groups in total. The van der Waals surface area contributed by atoms with E-state index in [4.69, 9.17) is 10.00 Å². The molecule has 0 aliphatic heterocycles. The Balaban J connectivity index is 3.02. The van der Waals surface area contributed by atoms with Crippen molar-refractivity contribution in [1.29, 1.82) is 5.26 Å². The van der Waals surface area contributed by atoms with E-state index >= 15 is 0 Å². The summed E-state index contributed by atoms with van der Waals surface area (Å²) in [5.74, 6) is -1.83. The maximum atomic E-state index is 12.2. The molecule has 5 heteroatoms. The Morgan fingerprint density at radius 3 is 2.50 bits per heavy atom. The van der Waals surface area contributed by atoms with Crippen LogP contribution in [0.2, 0.25) is 0 Å². The van der Waals surface area contributed by atoms with Crippen molar-refractivity contribution < 1.29 is 14.3 Å². The van der Waals surface area contributed by atoms with Gasteiger partial charge < -0.3 is 10.1 Å². The number of rotatable bonds is 6. The Morgan fingerprint density at radius 2 is 1.95 bits per heavy atom. The molecule has 5 nitrogen and oxygen atoms in total. The fourth-order valence-corrected chi connectivity index (χ4v) is 1.96. The molecule has 0 aliphatic carbocycles. The quantitative estimate of drug-likeness (QED) is 0.646. The van der Waals surface area contributed by atoms with Gasteiger partial charge >= 0.3 is 0 Å². The number of allylic oxidation sites excluding steroid dienone is 2. The second kappa shape index (κ2) is 7.99. The van der Waals surface area contributed by atoms with Gasteiger partial charge in [-0.25, -0.2) is 0 Å². The van der Waals surface area contributed by atoms with E-state index < -0.39 is 17.6 Å². The van der Waals surface area contributed by atoms with Crippen molar-refractivity contribution >= 4 is 17.3 Å². The number of nitrogens with zero attached hydrogens (tertiary/aromatic N) is 1. The third-order valence-corrected chi connectivity index (χ3v) is 3.00. The average Bonchev–Trinajstić information content (AvgIpc) is 2.46. The minimum absolute atomic E-state index is 0.129. The van der Waals surface area contributed by atoms with Crippen molar-refractivity contribution in [2.45, 2.75) is 26.8 Å².